The van der Waals surface area contributed by atoms with Gasteiger partial charge in [0, 0.05) is 23.9 Å². The molecular formula is C16H16FN3O. The van der Waals surface area contributed by atoms with Crippen LogP contribution in [0.2, 0.25) is 0 Å². The van der Waals surface area contributed by atoms with Gasteiger partial charge in [0.25, 0.3) is 0 Å². The van der Waals surface area contributed by atoms with Crippen LogP contribution in [0.3, 0.4) is 0 Å². The van der Waals surface area contributed by atoms with Crippen molar-refractivity contribution in [3.05, 3.63) is 48.1 Å². The molecule has 0 atom stereocenters. The third-order valence-corrected chi connectivity index (χ3v) is 3.35. The minimum Gasteiger partial charge on any atom is -0.339 e. The first-order chi connectivity index (χ1) is 10.3. The third-order valence-electron chi connectivity index (χ3n) is 3.35. The molecule has 1 aromatic heterocycles. The van der Waals surface area contributed by atoms with Gasteiger partial charge in [0.15, 0.2) is 0 Å². The molecule has 108 valence electrons. The molecule has 0 amide bonds. The number of likely N-dealkylation sites (N-methyl/N-ethyl adjacent to an activating group) is 1. The first kappa shape index (κ1) is 13.7. The molecule has 0 fully saturated rings. The smallest absolute Gasteiger partial charge is 0.228 e. The van der Waals surface area contributed by atoms with Crippen LogP contribution in [0.25, 0.3) is 22.2 Å². The summed E-state index contributed by atoms with van der Waals surface area (Å²) in [5.41, 5.74) is 0.783. The minimum atomic E-state index is -0.245. The van der Waals surface area contributed by atoms with E-state index in [1.807, 2.05) is 25.1 Å². The van der Waals surface area contributed by atoms with Crippen molar-refractivity contribution < 1.29 is 8.91 Å². The Labute approximate surface area is 122 Å². The fourth-order valence-corrected chi connectivity index (χ4v) is 2.30. The van der Waals surface area contributed by atoms with E-state index < -0.39 is 0 Å². The third kappa shape index (κ3) is 2.78. The van der Waals surface area contributed by atoms with E-state index in [4.69, 9.17) is 4.52 Å². The van der Waals surface area contributed by atoms with E-state index in [-0.39, 0.29) is 5.82 Å². The van der Waals surface area contributed by atoms with Gasteiger partial charge < -0.3 is 9.84 Å². The molecule has 0 aliphatic carbocycles. The van der Waals surface area contributed by atoms with Crippen molar-refractivity contribution in [3.8, 4) is 11.4 Å². The fourth-order valence-electron chi connectivity index (χ4n) is 2.30. The molecule has 4 nitrogen and oxygen atoms in total. The first-order valence-electron chi connectivity index (χ1n) is 7.00. The summed E-state index contributed by atoms with van der Waals surface area (Å²) in [6.07, 6.45) is 0.681. The Bertz CT molecular complexity index is 754. The zero-order valence-electron chi connectivity index (χ0n) is 11.8. The van der Waals surface area contributed by atoms with E-state index in [0.29, 0.717) is 23.5 Å². The number of hydrogen-bond acceptors (Lipinski definition) is 4. The number of hydrogen-bond donors (Lipinski definition) is 1. The second-order valence-electron chi connectivity index (χ2n) is 4.76. The lowest BCUT2D eigenvalue weighted by atomic mass is 10.0. The van der Waals surface area contributed by atoms with Crippen molar-refractivity contribution in [2.75, 3.05) is 13.1 Å². The van der Waals surface area contributed by atoms with Gasteiger partial charge in [0.05, 0.1) is 0 Å². The monoisotopic (exact) mass is 285 g/mol. The molecule has 1 N–H and O–H groups in total. The maximum atomic E-state index is 13.8. The maximum Gasteiger partial charge on any atom is 0.228 e. The van der Waals surface area contributed by atoms with Crippen LogP contribution in [0.4, 0.5) is 4.39 Å². The Hall–Kier alpha value is -2.27. The molecule has 21 heavy (non-hydrogen) atoms. The lowest BCUT2D eigenvalue weighted by Crippen LogP contribution is -2.16. The van der Waals surface area contributed by atoms with Gasteiger partial charge in [-0.15, -0.1) is 0 Å². The molecule has 3 rings (SSSR count). The van der Waals surface area contributed by atoms with Crippen LogP contribution in [0.1, 0.15) is 12.8 Å². The number of nitrogens with one attached hydrogen (secondary N) is 1. The summed E-state index contributed by atoms with van der Waals surface area (Å²) in [4.78, 5) is 4.39. The molecule has 1 heterocycles. The molecule has 0 radical (unpaired) electrons. The number of benzene rings is 2. The van der Waals surface area contributed by atoms with Gasteiger partial charge in [-0.25, -0.2) is 4.39 Å². The van der Waals surface area contributed by atoms with E-state index >= 15 is 0 Å². The Morgan fingerprint density at radius 3 is 2.76 bits per heavy atom. The van der Waals surface area contributed by atoms with Crippen LogP contribution in [-0.2, 0) is 6.42 Å². The van der Waals surface area contributed by atoms with Crippen molar-refractivity contribution in [2.24, 2.45) is 0 Å². The first-order valence-corrected chi connectivity index (χ1v) is 7.00. The SMILES string of the molecule is CCNCCc1nc(-c2ccc(F)c3ccccc23)no1. The van der Waals surface area contributed by atoms with Crippen molar-refractivity contribution in [1.29, 1.82) is 0 Å². The van der Waals surface area contributed by atoms with Gasteiger partial charge in [0.2, 0.25) is 11.7 Å². The lowest BCUT2D eigenvalue weighted by Gasteiger charge is -2.03. The summed E-state index contributed by atoms with van der Waals surface area (Å²) in [7, 11) is 0. The van der Waals surface area contributed by atoms with Crippen molar-refractivity contribution in [1.82, 2.24) is 15.5 Å². The average Bonchev–Trinajstić information content (AvgIpc) is 2.97. The molecule has 3 aromatic rings. The van der Waals surface area contributed by atoms with Crippen LogP contribution < -0.4 is 5.32 Å². The maximum absolute atomic E-state index is 13.8. The molecule has 2 aromatic carbocycles. The second kappa shape index (κ2) is 6.01. The van der Waals surface area contributed by atoms with Crippen LogP contribution in [0.15, 0.2) is 40.9 Å². The number of nitrogens with zero attached hydrogens (tertiary/aromatic N) is 2. The van der Waals surface area contributed by atoms with E-state index in [0.717, 1.165) is 24.0 Å². The van der Waals surface area contributed by atoms with Gasteiger partial charge in [-0.05, 0) is 24.1 Å². The predicted molar refractivity (Wildman–Crippen MR) is 79.4 cm³/mol. The number of aromatic nitrogens is 2. The summed E-state index contributed by atoms with van der Waals surface area (Å²) >= 11 is 0. The lowest BCUT2D eigenvalue weighted by molar-refractivity contribution is 0.377. The highest BCUT2D eigenvalue weighted by Gasteiger charge is 2.13. The molecule has 5 heteroatoms. The quantitative estimate of drug-likeness (QED) is 0.731. The number of fused-ring (bicyclic) bond motifs is 1. The fraction of sp³-hybridized carbons (Fsp3) is 0.250. The zero-order chi connectivity index (χ0) is 14.7. The topological polar surface area (TPSA) is 51.0 Å². The summed E-state index contributed by atoms with van der Waals surface area (Å²) < 4.78 is 19.1. The van der Waals surface area contributed by atoms with E-state index in [1.165, 1.54) is 6.07 Å². The Kier molecular flexibility index (Phi) is 3.92. The molecule has 0 bridgehead atoms. The minimum absolute atomic E-state index is 0.245. The second-order valence-corrected chi connectivity index (χ2v) is 4.76. The highest BCUT2D eigenvalue weighted by atomic mass is 19.1. The van der Waals surface area contributed by atoms with E-state index in [2.05, 4.69) is 15.5 Å². The molecule has 0 aliphatic heterocycles. The van der Waals surface area contributed by atoms with Gasteiger partial charge in [-0.3, -0.25) is 0 Å². The van der Waals surface area contributed by atoms with Crippen molar-refractivity contribution in [3.63, 3.8) is 0 Å². The molecule has 0 aliphatic rings. The van der Waals surface area contributed by atoms with Gasteiger partial charge in [0.1, 0.15) is 5.82 Å². The van der Waals surface area contributed by atoms with Crippen LogP contribution >= 0.6 is 0 Å². The Balaban J connectivity index is 1.96. The summed E-state index contributed by atoms with van der Waals surface area (Å²) in [6.45, 7) is 3.75. The number of rotatable bonds is 5. The molecular weight excluding hydrogens is 269 g/mol. The normalized spacial score (nSPS) is 11.1. The van der Waals surface area contributed by atoms with Gasteiger partial charge in [-0.1, -0.05) is 36.3 Å². The van der Waals surface area contributed by atoms with E-state index in [1.54, 1.807) is 12.1 Å². The highest BCUT2D eigenvalue weighted by molar-refractivity contribution is 5.95. The van der Waals surface area contributed by atoms with Crippen molar-refractivity contribution >= 4 is 10.8 Å². The summed E-state index contributed by atoms with van der Waals surface area (Å²) in [5.74, 6) is 0.835. The number of halogens is 1. The molecule has 0 spiro atoms. The zero-order valence-corrected chi connectivity index (χ0v) is 11.8. The highest BCUT2D eigenvalue weighted by Crippen LogP contribution is 2.28. The van der Waals surface area contributed by atoms with Gasteiger partial charge in [-0.2, -0.15) is 4.98 Å². The van der Waals surface area contributed by atoms with Crippen LogP contribution in [-0.4, -0.2) is 23.2 Å². The molecule has 0 saturated carbocycles. The average molecular weight is 285 g/mol. The Morgan fingerprint density at radius 2 is 1.95 bits per heavy atom. The van der Waals surface area contributed by atoms with E-state index in [9.17, 15) is 4.39 Å². The van der Waals surface area contributed by atoms with Crippen molar-refractivity contribution in [2.45, 2.75) is 13.3 Å². The Morgan fingerprint density at radius 1 is 1.14 bits per heavy atom. The standard InChI is InChI=1S/C16H16FN3O/c1-2-18-10-9-15-19-16(20-21-15)13-7-8-14(17)12-6-4-3-5-11(12)13/h3-8,18H,2,9-10H2,1H3. The summed E-state index contributed by atoms with van der Waals surface area (Å²) in [6, 6.07) is 10.4. The van der Waals surface area contributed by atoms with Crippen LogP contribution in [0, 0.1) is 5.82 Å². The predicted octanol–water partition coefficient (Wildman–Crippen LogP) is 3.18. The molecule has 0 unspecified atom stereocenters. The summed E-state index contributed by atoms with van der Waals surface area (Å²) in [5, 5.41) is 8.57. The largest absolute Gasteiger partial charge is 0.339 e. The molecule has 0 saturated heterocycles. The van der Waals surface area contributed by atoms with Crippen LogP contribution in [0.5, 0.6) is 0 Å². The van der Waals surface area contributed by atoms with Gasteiger partial charge >= 0.3 is 0 Å².